The fraction of sp³-hybridized carbons (Fsp3) is 0.533. The lowest BCUT2D eigenvalue weighted by Gasteiger charge is -2.31. The number of amides is 1. The Morgan fingerprint density at radius 1 is 1.29 bits per heavy atom. The van der Waals surface area contributed by atoms with Crippen LogP contribution in [0, 0.1) is 0 Å². The molecular formula is C15H26ClN3O4S. The number of benzene rings is 1. The molecule has 0 saturated carbocycles. The first-order valence-electron chi connectivity index (χ1n) is 7.43. The molecule has 0 heterocycles. The van der Waals surface area contributed by atoms with Crippen molar-refractivity contribution >= 4 is 28.3 Å². The molecule has 24 heavy (non-hydrogen) atoms. The fourth-order valence-electron chi connectivity index (χ4n) is 2.22. The third kappa shape index (κ3) is 4.83. The molecule has 1 aromatic rings. The lowest BCUT2D eigenvalue weighted by molar-refractivity contribution is 0.0895. The first-order valence-corrected chi connectivity index (χ1v) is 8.91. The van der Waals surface area contributed by atoms with E-state index in [0.29, 0.717) is 19.4 Å². The van der Waals surface area contributed by atoms with E-state index in [9.17, 15) is 13.2 Å². The summed E-state index contributed by atoms with van der Waals surface area (Å²) >= 11 is 0. The average Bonchev–Trinajstić information content (AvgIpc) is 2.59. The molecule has 0 radical (unpaired) electrons. The van der Waals surface area contributed by atoms with Crippen molar-refractivity contribution in [2.24, 2.45) is 5.73 Å². The van der Waals surface area contributed by atoms with Gasteiger partial charge in [0.15, 0.2) is 0 Å². The quantitative estimate of drug-likeness (QED) is 0.630. The molecule has 0 bridgehead atoms. The van der Waals surface area contributed by atoms with Crippen molar-refractivity contribution in [3.05, 3.63) is 23.8 Å². The second kappa shape index (κ2) is 9.22. The first kappa shape index (κ1) is 22.6. The number of halogens is 1. The van der Waals surface area contributed by atoms with Crippen molar-refractivity contribution in [1.29, 1.82) is 0 Å². The zero-order chi connectivity index (χ0) is 17.7. The van der Waals surface area contributed by atoms with E-state index in [2.05, 4.69) is 10.0 Å². The monoisotopic (exact) mass is 379 g/mol. The molecule has 4 N–H and O–H groups in total. The van der Waals surface area contributed by atoms with Crippen molar-refractivity contribution in [3.63, 3.8) is 0 Å². The van der Waals surface area contributed by atoms with Crippen LogP contribution in [-0.4, -0.2) is 40.6 Å². The molecule has 0 aliphatic rings. The van der Waals surface area contributed by atoms with Gasteiger partial charge in [0.25, 0.3) is 5.91 Å². The summed E-state index contributed by atoms with van der Waals surface area (Å²) in [5, 5.41) is 2.91. The number of nitrogens with two attached hydrogens (primary N) is 1. The van der Waals surface area contributed by atoms with E-state index in [4.69, 9.17) is 10.5 Å². The minimum absolute atomic E-state index is 0. The zero-order valence-corrected chi connectivity index (χ0v) is 16.0. The summed E-state index contributed by atoms with van der Waals surface area (Å²) in [5.74, 6) is -0.193. The Labute approximate surface area is 149 Å². The van der Waals surface area contributed by atoms with Crippen LogP contribution in [0.25, 0.3) is 0 Å². The van der Waals surface area contributed by atoms with Gasteiger partial charge in [-0.2, -0.15) is 0 Å². The maximum Gasteiger partial charge on any atom is 0.251 e. The first-order chi connectivity index (χ1) is 10.8. The lowest BCUT2D eigenvalue weighted by Crippen LogP contribution is -2.52. The topological polar surface area (TPSA) is 111 Å². The van der Waals surface area contributed by atoms with Crippen LogP contribution in [-0.2, 0) is 10.0 Å². The van der Waals surface area contributed by atoms with Gasteiger partial charge in [0.1, 0.15) is 10.6 Å². The molecule has 9 heteroatoms. The van der Waals surface area contributed by atoms with Crippen LogP contribution in [0.15, 0.2) is 23.1 Å². The van der Waals surface area contributed by atoms with E-state index in [1.807, 2.05) is 13.8 Å². The summed E-state index contributed by atoms with van der Waals surface area (Å²) in [4.78, 5) is 12.4. The number of ether oxygens (including phenoxy) is 1. The summed E-state index contributed by atoms with van der Waals surface area (Å²) in [6.45, 7) is 4.20. The summed E-state index contributed by atoms with van der Waals surface area (Å²) < 4.78 is 31.4. The van der Waals surface area contributed by atoms with Gasteiger partial charge in [0, 0.05) is 12.1 Å². The van der Waals surface area contributed by atoms with Gasteiger partial charge in [-0.25, -0.2) is 13.1 Å². The molecule has 0 fully saturated rings. The molecule has 7 nitrogen and oxygen atoms in total. The Bertz CT molecular complexity index is 652. The highest BCUT2D eigenvalue weighted by Crippen LogP contribution is 2.25. The zero-order valence-electron chi connectivity index (χ0n) is 14.4. The average molecular weight is 380 g/mol. The van der Waals surface area contributed by atoms with Crippen molar-refractivity contribution in [3.8, 4) is 5.75 Å². The van der Waals surface area contributed by atoms with Crippen molar-refractivity contribution in [2.75, 3.05) is 20.7 Å². The molecule has 0 aliphatic carbocycles. The molecule has 138 valence electrons. The number of hydrogen-bond acceptors (Lipinski definition) is 5. The van der Waals surface area contributed by atoms with Crippen molar-refractivity contribution < 1.29 is 17.9 Å². The summed E-state index contributed by atoms with van der Waals surface area (Å²) in [6.07, 6.45) is 1.37. The summed E-state index contributed by atoms with van der Waals surface area (Å²) in [7, 11) is -1.06. The normalized spacial score (nSPS) is 11.5. The molecule has 0 atom stereocenters. The number of hydrogen-bond donors (Lipinski definition) is 3. The molecule has 0 aromatic heterocycles. The fourth-order valence-corrected chi connectivity index (χ4v) is 3.14. The van der Waals surface area contributed by atoms with E-state index in [-0.39, 0.29) is 34.5 Å². The van der Waals surface area contributed by atoms with Crippen LogP contribution in [0.1, 0.15) is 37.0 Å². The van der Waals surface area contributed by atoms with Crippen LogP contribution in [0.3, 0.4) is 0 Å². The van der Waals surface area contributed by atoms with Crippen LogP contribution < -0.4 is 20.5 Å². The van der Waals surface area contributed by atoms with Crippen molar-refractivity contribution in [1.82, 2.24) is 10.0 Å². The molecular weight excluding hydrogens is 354 g/mol. The van der Waals surface area contributed by atoms with Gasteiger partial charge >= 0.3 is 0 Å². The van der Waals surface area contributed by atoms with E-state index < -0.39 is 15.6 Å². The molecule has 0 spiro atoms. The SMILES string of the molecule is CCC(CC)(CN)NC(=O)c1ccc(OC)c(S(=O)(=O)NC)c1.Cl. The highest BCUT2D eigenvalue weighted by Gasteiger charge is 2.28. The van der Waals surface area contributed by atoms with E-state index in [1.54, 1.807) is 0 Å². The number of nitrogens with one attached hydrogen (secondary N) is 2. The minimum atomic E-state index is -3.74. The van der Waals surface area contributed by atoms with E-state index in [0.717, 1.165) is 0 Å². The largest absolute Gasteiger partial charge is 0.495 e. The Morgan fingerprint density at radius 2 is 1.88 bits per heavy atom. The predicted molar refractivity (Wildman–Crippen MR) is 96.3 cm³/mol. The maximum absolute atomic E-state index is 12.5. The second-order valence-corrected chi connectivity index (χ2v) is 7.07. The Kier molecular flexibility index (Phi) is 8.70. The molecule has 0 saturated heterocycles. The number of methoxy groups -OCH3 is 1. The highest BCUT2D eigenvalue weighted by atomic mass is 35.5. The number of carbonyl (C=O) groups is 1. The maximum atomic E-state index is 12.5. The van der Waals surface area contributed by atoms with Gasteiger partial charge in [0.2, 0.25) is 10.0 Å². The van der Waals surface area contributed by atoms with Crippen LogP contribution in [0.2, 0.25) is 0 Å². The van der Waals surface area contributed by atoms with Gasteiger partial charge in [-0.05, 0) is 38.1 Å². The van der Waals surface area contributed by atoms with E-state index >= 15 is 0 Å². The Balaban J connectivity index is 0.00000529. The van der Waals surface area contributed by atoms with Gasteiger partial charge in [-0.1, -0.05) is 13.8 Å². The van der Waals surface area contributed by atoms with Gasteiger partial charge in [-0.3, -0.25) is 4.79 Å². The lowest BCUT2D eigenvalue weighted by atomic mass is 9.92. The third-order valence-corrected chi connectivity index (χ3v) is 5.54. The van der Waals surface area contributed by atoms with Crippen LogP contribution >= 0.6 is 12.4 Å². The van der Waals surface area contributed by atoms with E-state index in [1.165, 1.54) is 32.4 Å². The number of rotatable bonds is 8. The Morgan fingerprint density at radius 3 is 2.29 bits per heavy atom. The van der Waals surface area contributed by atoms with Gasteiger partial charge in [0.05, 0.1) is 12.6 Å². The van der Waals surface area contributed by atoms with Crippen LogP contribution in [0.4, 0.5) is 0 Å². The Hall–Kier alpha value is -1.35. The molecule has 0 unspecified atom stereocenters. The summed E-state index contributed by atoms with van der Waals surface area (Å²) in [5.41, 5.74) is 5.52. The van der Waals surface area contributed by atoms with Crippen molar-refractivity contribution in [2.45, 2.75) is 37.1 Å². The number of carbonyl (C=O) groups excluding carboxylic acids is 1. The molecule has 1 amide bonds. The minimum Gasteiger partial charge on any atom is -0.495 e. The standard InChI is InChI=1S/C15H25N3O4S.ClH/c1-5-15(6-2,10-16)18-14(19)11-7-8-12(22-4)13(9-11)23(20,21)17-3;/h7-9,17H,5-6,10,16H2,1-4H3,(H,18,19);1H. The summed E-state index contributed by atoms with van der Waals surface area (Å²) in [6, 6.07) is 4.28. The van der Waals surface area contributed by atoms with Gasteiger partial charge < -0.3 is 15.8 Å². The third-order valence-electron chi connectivity index (χ3n) is 4.11. The second-order valence-electron chi connectivity index (χ2n) is 5.22. The van der Waals surface area contributed by atoms with Crippen LogP contribution in [0.5, 0.6) is 5.75 Å². The molecule has 0 aliphatic heterocycles. The van der Waals surface area contributed by atoms with Gasteiger partial charge in [-0.15, -0.1) is 12.4 Å². The smallest absolute Gasteiger partial charge is 0.251 e. The number of sulfonamides is 1. The predicted octanol–water partition coefficient (Wildman–Crippen LogP) is 1.27. The molecule has 1 aromatic carbocycles. The molecule has 1 rings (SSSR count). The highest BCUT2D eigenvalue weighted by molar-refractivity contribution is 7.89.